The smallest absolute Gasteiger partial charge is 0.339 e. The van der Waals surface area contributed by atoms with Crippen molar-refractivity contribution in [1.82, 2.24) is 0 Å². The lowest BCUT2D eigenvalue weighted by atomic mass is 10.1. The molecule has 1 N–H and O–H groups in total. The highest BCUT2D eigenvalue weighted by Crippen LogP contribution is 2.24. The minimum atomic E-state index is -1.02. The van der Waals surface area contributed by atoms with Crippen LogP contribution in [0, 0.1) is 13.8 Å². The van der Waals surface area contributed by atoms with Gasteiger partial charge in [0, 0.05) is 4.47 Å². The van der Waals surface area contributed by atoms with Crippen molar-refractivity contribution in [3.63, 3.8) is 0 Å². The number of hydrogen-bond donors (Lipinski definition) is 1. The first-order valence-electron chi connectivity index (χ1n) is 6.83. The van der Waals surface area contributed by atoms with Crippen molar-refractivity contribution in [2.75, 3.05) is 13.2 Å². The first-order chi connectivity index (χ1) is 10.5. The van der Waals surface area contributed by atoms with Crippen molar-refractivity contribution in [3.8, 4) is 11.5 Å². The summed E-state index contributed by atoms with van der Waals surface area (Å²) in [4.78, 5) is 11.2. The van der Waals surface area contributed by atoms with Crippen molar-refractivity contribution in [2.45, 2.75) is 13.8 Å². The average molecular weight is 365 g/mol. The summed E-state index contributed by atoms with van der Waals surface area (Å²) in [5.41, 5.74) is 2.26. The van der Waals surface area contributed by atoms with Crippen LogP contribution in [0.1, 0.15) is 21.5 Å². The van der Waals surface area contributed by atoms with E-state index in [1.165, 1.54) is 6.07 Å². The number of carboxylic acids is 1. The standard InChI is InChI=1S/C17H17BrO4/c1-11-4-3-5-12(2)16(11)22-9-8-21-15-7-6-13(18)10-14(15)17(19)20/h3-7,10H,8-9H2,1-2H3,(H,19,20). The molecular weight excluding hydrogens is 348 g/mol. The summed E-state index contributed by atoms with van der Waals surface area (Å²) in [6.07, 6.45) is 0. The predicted octanol–water partition coefficient (Wildman–Crippen LogP) is 4.22. The zero-order valence-electron chi connectivity index (χ0n) is 12.4. The highest BCUT2D eigenvalue weighted by Gasteiger charge is 2.12. The van der Waals surface area contributed by atoms with Gasteiger partial charge in [0.25, 0.3) is 0 Å². The van der Waals surface area contributed by atoms with Gasteiger partial charge in [0.1, 0.15) is 30.3 Å². The van der Waals surface area contributed by atoms with Crippen LogP contribution in [0.3, 0.4) is 0 Å². The molecule has 2 aromatic carbocycles. The van der Waals surface area contributed by atoms with E-state index >= 15 is 0 Å². The van der Waals surface area contributed by atoms with Crippen molar-refractivity contribution < 1.29 is 19.4 Å². The number of aromatic carboxylic acids is 1. The molecule has 4 nitrogen and oxygen atoms in total. The molecule has 0 bridgehead atoms. The van der Waals surface area contributed by atoms with Crippen LogP contribution in [0.25, 0.3) is 0 Å². The molecule has 116 valence electrons. The van der Waals surface area contributed by atoms with Gasteiger partial charge in [0.2, 0.25) is 0 Å². The summed E-state index contributed by atoms with van der Waals surface area (Å²) in [7, 11) is 0. The van der Waals surface area contributed by atoms with Gasteiger partial charge >= 0.3 is 5.97 Å². The van der Waals surface area contributed by atoms with E-state index in [-0.39, 0.29) is 12.2 Å². The second-order valence-electron chi connectivity index (χ2n) is 4.86. The fraction of sp³-hybridized carbons (Fsp3) is 0.235. The van der Waals surface area contributed by atoms with E-state index in [0.717, 1.165) is 16.9 Å². The van der Waals surface area contributed by atoms with E-state index in [9.17, 15) is 4.79 Å². The Labute approximate surface area is 137 Å². The van der Waals surface area contributed by atoms with Gasteiger partial charge in [-0.2, -0.15) is 0 Å². The SMILES string of the molecule is Cc1cccc(C)c1OCCOc1ccc(Br)cc1C(=O)O. The topological polar surface area (TPSA) is 55.8 Å². The number of para-hydroxylation sites is 1. The van der Waals surface area contributed by atoms with E-state index in [4.69, 9.17) is 14.6 Å². The first kappa shape index (κ1) is 16.4. The van der Waals surface area contributed by atoms with Gasteiger partial charge in [-0.3, -0.25) is 0 Å². The number of benzene rings is 2. The third-order valence-electron chi connectivity index (χ3n) is 3.17. The van der Waals surface area contributed by atoms with E-state index < -0.39 is 5.97 Å². The molecule has 5 heteroatoms. The van der Waals surface area contributed by atoms with Gasteiger partial charge in [0.15, 0.2) is 0 Å². The number of aryl methyl sites for hydroxylation is 2. The predicted molar refractivity (Wildman–Crippen MR) is 88.0 cm³/mol. The van der Waals surface area contributed by atoms with Crippen LogP contribution in [-0.4, -0.2) is 24.3 Å². The number of carboxylic acid groups (broad SMARTS) is 1. The number of rotatable bonds is 6. The highest BCUT2D eigenvalue weighted by molar-refractivity contribution is 9.10. The van der Waals surface area contributed by atoms with Gasteiger partial charge in [-0.1, -0.05) is 34.1 Å². The van der Waals surface area contributed by atoms with Crippen LogP contribution < -0.4 is 9.47 Å². The number of carbonyl (C=O) groups is 1. The molecule has 2 rings (SSSR count). The number of hydrogen-bond acceptors (Lipinski definition) is 3. The maximum atomic E-state index is 11.2. The second-order valence-corrected chi connectivity index (χ2v) is 5.78. The van der Waals surface area contributed by atoms with Gasteiger partial charge in [-0.05, 0) is 43.2 Å². The Kier molecular flexibility index (Phi) is 5.44. The number of halogens is 1. The van der Waals surface area contributed by atoms with Gasteiger partial charge in [-0.25, -0.2) is 4.79 Å². The molecule has 0 amide bonds. The Bertz CT molecular complexity index is 662. The average Bonchev–Trinajstić information content (AvgIpc) is 2.47. The molecule has 0 aliphatic heterocycles. The minimum absolute atomic E-state index is 0.126. The van der Waals surface area contributed by atoms with Gasteiger partial charge < -0.3 is 14.6 Å². The number of ether oxygens (including phenoxy) is 2. The molecule has 0 aliphatic rings. The van der Waals surface area contributed by atoms with Crippen LogP contribution in [0.2, 0.25) is 0 Å². The fourth-order valence-electron chi connectivity index (χ4n) is 2.12. The summed E-state index contributed by atoms with van der Waals surface area (Å²) in [6.45, 7) is 4.59. The van der Waals surface area contributed by atoms with Crippen LogP contribution >= 0.6 is 15.9 Å². The monoisotopic (exact) mass is 364 g/mol. The Morgan fingerprint density at radius 2 is 1.73 bits per heavy atom. The molecule has 0 aromatic heterocycles. The largest absolute Gasteiger partial charge is 0.489 e. The second kappa shape index (κ2) is 7.31. The maximum Gasteiger partial charge on any atom is 0.339 e. The lowest BCUT2D eigenvalue weighted by Gasteiger charge is -2.13. The molecule has 0 aliphatic carbocycles. The molecule has 0 atom stereocenters. The van der Waals surface area contributed by atoms with Gasteiger partial charge in [-0.15, -0.1) is 0 Å². The summed E-state index contributed by atoms with van der Waals surface area (Å²) in [5, 5.41) is 9.17. The molecule has 0 unspecified atom stereocenters. The fourth-order valence-corrected chi connectivity index (χ4v) is 2.48. The molecule has 0 fully saturated rings. The molecule has 0 saturated carbocycles. The summed E-state index contributed by atoms with van der Waals surface area (Å²) in [6, 6.07) is 10.8. The van der Waals surface area contributed by atoms with Crippen LogP contribution in [0.5, 0.6) is 11.5 Å². The molecule has 0 heterocycles. The van der Waals surface area contributed by atoms with E-state index in [0.29, 0.717) is 16.8 Å². The maximum absolute atomic E-state index is 11.2. The van der Waals surface area contributed by atoms with Crippen molar-refractivity contribution in [1.29, 1.82) is 0 Å². The highest BCUT2D eigenvalue weighted by atomic mass is 79.9. The van der Waals surface area contributed by atoms with Crippen LogP contribution in [0.4, 0.5) is 0 Å². The summed E-state index contributed by atoms with van der Waals surface area (Å²) in [5.74, 6) is 0.160. The Morgan fingerprint density at radius 3 is 2.36 bits per heavy atom. The Morgan fingerprint density at radius 1 is 1.09 bits per heavy atom. The zero-order valence-corrected chi connectivity index (χ0v) is 14.0. The molecule has 0 radical (unpaired) electrons. The van der Waals surface area contributed by atoms with Gasteiger partial charge in [0.05, 0.1) is 0 Å². The quantitative estimate of drug-likeness (QED) is 0.779. The zero-order chi connectivity index (χ0) is 16.1. The molecule has 2 aromatic rings. The summed E-state index contributed by atoms with van der Waals surface area (Å²) < 4.78 is 12.0. The lowest BCUT2D eigenvalue weighted by molar-refractivity contribution is 0.0691. The molecule has 22 heavy (non-hydrogen) atoms. The molecule has 0 saturated heterocycles. The van der Waals surface area contributed by atoms with E-state index in [2.05, 4.69) is 15.9 Å². The Hall–Kier alpha value is -2.01. The van der Waals surface area contributed by atoms with Crippen molar-refractivity contribution in [2.24, 2.45) is 0 Å². The normalized spacial score (nSPS) is 10.3. The summed E-state index contributed by atoms with van der Waals surface area (Å²) >= 11 is 3.25. The van der Waals surface area contributed by atoms with Crippen molar-refractivity contribution in [3.05, 3.63) is 57.6 Å². The first-order valence-corrected chi connectivity index (χ1v) is 7.63. The minimum Gasteiger partial charge on any atom is -0.489 e. The third kappa shape index (κ3) is 4.01. The van der Waals surface area contributed by atoms with Crippen LogP contribution in [-0.2, 0) is 0 Å². The lowest BCUT2D eigenvalue weighted by Crippen LogP contribution is -2.12. The Balaban J connectivity index is 1.96. The molecule has 0 spiro atoms. The van der Waals surface area contributed by atoms with Crippen LogP contribution in [0.15, 0.2) is 40.9 Å². The van der Waals surface area contributed by atoms with E-state index in [1.807, 2.05) is 32.0 Å². The third-order valence-corrected chi connectivity index (χ3v) is 3.66. The molecular formula is C17H17BrO4. The van der Waals surface area contributed by atoms with Crippen molar-refractivity contribution >= 4 is 21.9 Å². The van der Waals surface area contributed by atoms with E-state index in [1.54, 1.807) is 12.1 Å².